The number of rotatable bonds is 1. The number of carbonyl (C=O) groups is 2. The summed E-state index contributed by atoms with van der Waals surface area (Å²) in [4.78, 5) is 23.7. The molecule has 6 aliphatic rings. The lowest BCUT2D eigenvalue weighted by Crippen LogP contribution is -2.53. The van der Waals surface area contributed by atoms with Gasteiger partial charge in [0.05, 0.1) is 11.8 Å². The Balaban J connectivity index is 1.61. The van der Waals surface area contributed by atoms with Crippen molar-refractivity contribution in [1.29, 1.82) is 0 Å². The van der Waals surface area contributed by atoms with Crippen LogP contribution in [0.1, 0.15) is 12.8 Å². The first-order valence-electron chi connectivity index (χ1n) is 6.91. The number of hydrogen-bond acceptors (Lipinski definition) is 3. The molecule has 92 valence electrons. The zero-order chi connectivity index (χ0) is 12.0. The SMILES string of the molecule is O=C1OC(=O)[C@@H]2[C@H]3C=C[C@@H]([C@H]4C=C(C5CC5)[C@H]43)[C@@H]12. The van der Waals surface area contributed by atoms with Crippen LogP contribution in [0, 0.1) is 41.4 Å². The number of ether oxygens (including phenoxy) is 1. The average Bonchev–Trinajstić information content (AvgIpc) is 3.07. The van der Waals surface area contributed by atoms with E-state index < -0.39 is 0 Å². The van der Waals surface area contributed by atoms with E-state index in [0.29, 0.717) is 11.8 Å². The van der Waals surface area contributed by atoms with E-state index >= 15 is 0 Å². The molecule has 18 heavy (non-hydrogen) atoms. The second-order valence-electron chi connectivity index (χ2n) is 6.38. The first-order chi connectivity index (χ1) is 8.75. The van der Waals surface area contributed by atoms with Crippen LogP contribution in [0.4, 0.5) is 0 Å². The Morgan fingerprint density at radius 2 is 1.56 bits per heavy atom. The van der Waals surface area contributed by atoms with E-state index in [1.54, 1.807) is 5.57 Å². The second-order valence-corrected chi connectivity index (χ2v) is 6.38. The van der Waals surface area contributed by atoms with Crippen molar-refractivity contribution < 1.29 is 14.3 Å². The summed E-state index contributed by atoms with van der Waals surface area (Å²) in [6.07, 6.45) is 9.35. The molecule has 6 atom stereocenters. The van der Waals surface area contributed by atoms with Gasteiger partial charge >= 0.3 is 11.9 Å². The van der Waals surface area contributed by atoms with Gasteiger partial charge in [-0.15, -0.1) is 0 Å². The van der Waals surface area contributed by atoms with Gasteiger partial charge in [-0.05, 0) is 42.4 Å². The fourth-order valence-corrected chi connectivity index (χ4v) is 4.72. The molecule has 0 amide bonds. The second kappa shape index (κ2) is 2.79. The Morgan fingerprint density at radius 3 is 2.28 bits per heavy atom. The van der Waals surface area contributed by atoms with Crippen LogP contribution in [0.3, 0.4) is 0 Å². The van der Waals surface area contributed by atoms with Gasteiger partial charge in [-0.2, -0.15) is 0 Å². The Bertz CT molecular complexity index is 540. The van der Waals surface area contributed by atoms with Gasteiger partial charge in [0.1, 0.15) is 0 Å². The molecule has 0 spiro atoms. The molecule has 0 aromatic rings. The standard InChI is InChI=1S/C15H14O3/c16-14-12-7-3-4-8(13(12)15(17)18-14)11-9(5-10(7)11)6-1-2-6/h3-8,10-13H,1-2H2/t7-,8-,10+,11+,12+,13+/m0/s1. The minimum absolute atomic E-state index is 0.184. The summed E-state index contributed by atoms with van der Waals surface area (Å²) in [5, 5.41) is 0. The third kappa shape index (κ3) is 0.909. The molecule has 2 saturated carbocycles. The number of cyclic esters (lactones) is 2. The van der Waals surface area contributed by atoms with Crippen LogP contribution in [-0.2, 0) is 14.3 Å². The minimum Gasteiger partial charge on any atom is -0.393 e. The molecule has 6 rings (SSSR count). The van der Waals surface area contributed by atoms with Crippen LogP contribution in [0.25, 0.3) is 0 Å². The van der Waals surface area contributed by atoms with Crippen molar-refractivity contribution in [1.82, 2.24) is 0 Å². The maximum absolute atomic E-state index is 11.9. The van der Waals surface area contributed by atoms with Gasteiger partial charge in [-0.3, -0.25) is 9.59 Å². The highest BCUT2D eigenvalue weighted by molar-refractivity contribution is 5.98. The van der Waals surface area contributed by atoms with Crippen molar-refractivity contribution in [2.75, 3.05) is 0 Å². The lowest BCUT2D eigenvalue weighted by molar-refractivity contribution is -0.154. The predicted octanol–water partition coefficient (Wildman–Crippen LogP) is 1.70. The van der Waals surface area contributed by atoms with Crippen LogP contribution >= 0.6 is 0 Å². The maximum atomic E-state index is 11.9. The van der Waals surface area contributed by atoms with Crippen molar-refractivity contribution >= 4 is 11.9 Å². The van der Waals surface area contributed by atoms with Crippen molar-refractivity contribution in [3.05, 3.63) is 23.8 Å². The molecule has 5 aliphatic carbocycles. The van der Waals surface area contributed by atoms with Gasteiger partial charge in [-0.25, -0.2) is 0 Å². The fourth-order valence-electron chi connectivity index (χ4n) is 4.72. The van der Waals surface area contributed by atoms with E-state index in [-0.39, 0.29) is 35.6 Å². The normalized spacial score (nSPS) is 51.4. The zero-order valence-electron chi connectivity index (χ0n) is 9.91. The lowest BCUT2D eigenvalue weighted by Gasteiger charge is -2.54. The molecule has 0 N–H and O–H groups in total. The van der Waals surface area contributed by atoms with Gasteiger partial charge in [0, 0.05) is 0 Å². The van der Waals surface area contributed by atoms with E-state index in [1.165, 1.54) is 12.8 Å². The number of allylic oxidation sites excluding steroid dienone is 4. The maximum Gasteiger partial charge on any atom is 0.318 e. The third-order valence-electron chi connectivity index (χ3n) is 5.61. The topological polar surface area (TPSA) is 43.4 Å². The first-order valence-corrected chi connectivity index (χ1v) is 6.91. The Hall–Kier alpha value is -1.38. The first kappa shape index (κ1) is 9.54. The molecule has 1 saturated heterocycles. The monoisotopic (exact) mass is 242 g/mol. The molecular formula is C15H14O3. The van der Waals surface area contributed by atoms with Crippen LogP contribution < -0.4 is 0 Å². The molecule has 3 fully saturated rings. The van der Waals surface area contributed by atoms with Crippen LogP contribution in [0.2, 0.25) is 0 Å². The highest BCUT2D eigenvalue weighted by Crippen LogP contribution is 2.64. The zero-order valence-corrected chi connectivity index (χ0v) is 9.91. The predicted molar refractivity (Wildman–Crippen MR) is 62.0 cm³/mol. The molecule has 3 nitrogen and oxygen atoms in total. The average molecular weight is 242 g/mol. The summed E-state index contributed by atoms with van der Waals surface area (Å²) >= 11 is 0. The molecule has 2 bridgehead atoms. The van der Waals surface area contributed by atoms with E-state index in [1.807, 2.05) is 0 Å². The molecule has 3 heteroatoms. The van der Waals surface area contributed by atoms with Crippen LogP contribution in [0.5, 0.6) is 0 Å². The van der Waals surface area contributed by atoms with Crippen molar-refractivity contribution in [2.45, 2.75) is 12.8 Å². The van der Waals surface area contributed by atoms with Crippen molar-refractivity contribution in [2.24, 2.45) is 41.4 Å². The molecule has 1 aliphatic heterocycles. The molecule has 0 aromatic carbocycles. The van der Waals surface area contributed by atoms with Crippen LogP contribution in [0.15, 0.2) is 23.8 Å². The van der Waals surface area contributed by atoms with Gasteiger partial charge in [0.15, 0.2) is 0 Å². The van der Waals surface area contributed by atoms with E-state index in [9.17, 15) is 9.59 Å². The number of carbonyl (C=O) groups excluding carboxylic acids is 2. The summed E-state index contributed by atoms with van der Waals surface area (Å²) in [6.45, 7) is 0. The lowest BCUT2D eigenvalue weighted by atomic mass is 9.47. The van der Waals surface area contributed by atoms with Gasteiger partial charge in [0.2, 0.25) is 0 Å². The van der Waals surface area contributed by atoms with E-state index in [2.05, 4.69) is 18.2 Å². The summed E-state index contributed by atoms with van der Waals surface area (Å²) < 4.78 is 4.88. The number of hydrogen-bond donors (Lipinski definition) is 0. The molecular weight excluding hydrogens is 228 g/mol. The van der Waals surface area contributed by atoms with Crippen molar-refractivity contribution in [3.8, 4) is 0 Å². The van der Waals surface area contributed by atoms with Gasteiger partial charge < -0.3 is 4.74 Å². The molecule has 0 unspecified atom stereocenters. The number of esters is 2. The quantitative estimate of drug-likeness (QED) is 0.399. The smallest absolute Gasteiger partial charge is 0.318 e. The largest absolute Gasteiger partial charge is 0.393 e. The Labute approximate surface area is 105 Å². The van der Waals surface area contributed by atoms with Crippen molar-refractivity contribution in [3.63, 3.8) is 0 Å². The van der Waals surface area contributed by atoms with E-state index in [4.69, 9.17) is 4.74 Å². The Kier molecular flexibility index (Phi) is 1.48. The minimum atomic E-state index is -0.281. The summed E-state index contributed by atoms with van der Waals surface area (Å²) in [5.74, 6) is 1.33. The highest BCUT2D eigenvalue weighted by atomic mass is 16.6. The van der Waals surface area contributed by atoms with Gasteiger partial charge in [0.25, 0.3) is 0 Å². The summed E-state index contributed by atoms with van der Waals surface area (Å²) in [6, 6.07) is 0. The summed E-state index contributed by atoms with van der Waals surface area (Å²) in [5.41, 5.74) is 1.57. The van der Waals surface area contributed by atoms with Gasteiger partial charge in [-0.1, -0.05) is 23.8 Å². The molecule has 1 heterocycles. The highest BCUT2D eigenvalue weighted by Gasteiger charge is 2.64. The molecule has 0 aromatic heterocycles. The Morgan fingerprint density at radius 1 is 0.889 bits per heavy atom. The fraction of sp³-hybridized carbons (Fsp3) is 0.600. The molecule has 0 radical (unpaired) electrons. The third-order valence-corrected chi connectivity index (χ3v) is 5.61. The van der Waals surface area contributed by atoms with Crippen LogP contribution in [-0.4, -0.2) is 11.9 Å². The van der Waals surface area contributed by atoms with E-state index in [0.717, 1.165) is 5.92 Å². The summed E-state index contributed by atoms with van der Waals surface area (Å²) in [7, 11) is 0.